The molecule has 5 heteroatoms. The van der Waals surface area contributed by atoms with E-state index in [1.807, 2.05) is 59.5 Å². The van der Waals surface area contributed by atoms with Crippen LogP contribution in [0.1, 0.15) is 35.6 Å². The molecule has 1 atom stereocenters. The maximum atomic E-state index is 12.7. The molecule has 1 heterocycles. The number of carbonyl (C=O) groups excluding carboxylic acids is 2. The van der Waals surface area contributed by atoms with E-state index < -0.39 is 5.91 Å². The van der Waals surface area contributed by atoms with Crippen LogP contribution in [0, 0.1) is 0 Å². The summed E-state index contributed by atoms with van der Waals surface area (Å²) in [6.07, 6.45) is 5.28. The van der Waals surface area contributed by atoms with Crippen molar-refractivity contribution in [2.24, 2.45) is 0 Å². The van der Waals surface area contributed by atoms with Gasteiger partial charge in [0.05, 0.1) is 12.5 Å². The van der Waals surface area contributed by atoms with Crippen LogP contribution >= 0.6 is 0 Å². The minimum Gasteiger partial charge on any atom is -0.335 e. The van der Waals surface area contributed by atoms with Gasteiger partial charge < -0.3 is 4.90 Å². The molecule has 0 radical (unpaired) electrons. The Balaban J connectivity index is 1.68. The maximum absolute atomic E-state index is 12.7. The highest BCUT2D eigenvalue weighted by Gasteiger charge is 2.29. The Morgan fingerprint density at radius 3 is 2.54 bits per heavy atom. The first kappa shape index (κ1) is 17.9. The lowest BCUT2D eigenvalue weighted by molar-refractivity contribution is -0.131. The Morgan fingerprint density at radius 1 is 1.12 bits per heavy atom. The molecule has 1 fully saturated rings. The zero-order valence-corrected chi connectivity index (χ0v) is 14.5. The Hall–Kier alpha value is -2.92. The van der Waals surface area contributed by atoms with Crippen molar-refractivity contribution in [1.82, 2.24) is 10.4 Å². The van der Waals surface area contributed by atoms with Gasteiger partial charge in [-0.15, -0.1) is 0 Å². The maximum Gasteiger partial charge on any atom is 0.267 e. The highest BCUT2D eigenvalue weighted by atomic mass is 16.5. The lowest BCUT2D eigenvalue weighted by Gasteiger charge is -2.25. The molecule has 5 nitrogen and oxygen atoms in total. The number of carbonyl (C=O) groups is 2. The molecule has 134 valence electrons. The van der Waals surface area contributed by atoms with Crippen LogP contribution in [0.15, 0.2) is 60.7 Å². The van der Waals surface area contributed by atoms with Crippen molar-refractivity contribution in [2.45, 2.75) is 25.3 Å². The molecule has 0 saturated carbocycles. The van der Waals surface area contributed by atoms with Crippen LogP contribution in [-0.2, 0) is 16.0 Å². The van der Waals surface area contributed by atoms with Gasteiger partial charge in [-0.05, 0) is 35.6 Å². The minimum atomic E-state index is -0.567. The number of rotatable bonds is 5. The standard InChI is InChI=1S/C21H22N2O3/c24-20(22-26)13-10-16-8-11-18(12-9-16)19-7-4-14-23(19)21(25)15-17-5-2-1-3-6-17/h1-3,5-6,8-13,19,26H,4,7,14-15H2,(H,22,24). The van der Waals surface area contributed by atoms with Crippen LogP contribution in [0.5, 0.6) is 0 Å². The van der Waals surface area contributed by atoms with Crippen molar-refractivity contribution in [1.29, 1.82) is 0 Å². The quantitative estimate of drug-likeness (QED) is 0.494. The molecule has 26 heavy (non-hydrogen) atoms. The predicted molar refractivity (Wildman–Crippen MR) is 99.2 cm³/mol. The molecule has 0 aliphatic carbocycles. The van der Waals surface area contributed by atoms with Crippen LogP contribution in [0.25, 0.3) is 6.08 Å². The molecule has 2 aromatic rings. The lowest BCUT2D eigenvalue weighted by Crippen LogP contribution is -2.31. The van der Waals surface area contributed by atoms with E-state index >= 15 is 0 Å². The summed E-state index contributed by atoms with van der Waals surface area (Å²) >= 11 is 0. The largest absolute Gasteiger partial charge is 0.335 e. The van der Waals surface area contributed by atoms with Gasteiger partial charge in [0.2, 0.25) is 5.91 Å². The van der Waals surface area contributed by atoms with Crippen LogP contribution in [0.2, 0.25) is 0 Å². The third-order valence-corrected chi connectivity index (χ3v) is 4.63. The molecule has 2 N–H and O–H groups in total. The second-order valence-corrected chi connectivity index (χ2v) is 6.38. The van der Waals surface area contributed by atoms with Crippen molar-refractivity contribution < 1.29 is 14.8 Å². The lowest BCUT2D eigenvalue weighted by atomic mass is 10.0. The number of likely N-dealkylation sites (tertiary alicyclic amines) is 1. The van der Waals surface area contributed by atoms with Crippen molar-refractivity contribution >= 4 is 17.9 Å². The Kier molecular flexibility index (Phi) is 5.81. The van der Waals surface area contributed by atoms with Gasteiger partial charge in [0, 0.05) is 12.6 Å². The highest BCUT2D eigenvalue weighted by molar-refractivity contribution is 5.90. The van der Waals surface area contributed by atoms with E-state index in [2.05, 4.69) is 0 Å². The third kappa shape index (κ3) is 4.37. The number of nitrogens with one attached hydrogen (secondary N) is 1. The molecular formula is C21H22N2O3. The fourth-order valence-corrected chi connectivity index (χ4v) is 3.32. The van der Waals surface area contributed by atoms with Crippen LogP contribution < -0.4 is 5.48 Å². The molecule has 2 amide bonds. The Bertz CT molecular complexity index is 785. The van der Waals surface area contributed by atoms with E-state index in [-0.39, 0.29) is 11.9 Å². The van der Waals surface area contributed by atoms with E-state index in [0.717, 1.165) is 36.1 Å². The SMILES string of the molecule is O=C(C=Cc1ccc(C2CCCN2C(=O)Cc2ccccc2)cc1)NO. The van der Waals surface area contributed by atoms with Gasteiger partial charge in [-0.3, -0.25) is 14.8 Å². The highest BCUT2D eigenvalue weighted by Crippen LogP contribution is 2.32. The first-order valence-corrected chi connectivity index (χ1v) is 8.73. The fourth-order valence-electron chi connectivity index (χ4n) is 3.32. The van der Waals surface area contributed by atoms with E-state index in [0.29, 0.717) is 6.42 Å². The van der Waals surface area contributed by atoms with Gasteiger partial charge in [0.15, 0.2) is 0 Å². The Labute approximate surface area is 152 Å². The second kappa shape index (κ2) is 8.45. The smallest absolute Gasteiger partial charge is 0.267 e. The summed E-state index contributed by atoms with van der Waals surface area (Å²) in [7, 11) is 0. The molecule has 1 aliphatic heterocycles. The number of hydrogen-bond acceptors (Lipinski definition) is 3. The molecule has 0 aromatic heterocycles. The number of benzene rings is 2. The van der Waals surface area contributed by atoms with E-state index in [9.17, 15) is 9.59 Å². The van der Waals surface area contributed by atoms with Crippen molar-refractivity contribution in [3.63, 3.8) is 0 Å². The predicted octanol–water partition coefficient (Wildman–Crippen LogP) is 3.11. The van der Waals surface area contributed by atoms with Gasteiger partial charge in [0.1, 0.15) is 0 Å². The Morgan fingerprint density at radius 2 is 1.85 bits per heavy atom. The van der Waals surface area contributed by atoms with E-state index in [1.165, 1.54) is 6.08 Å². The van der Waals surface area contributed by atoms with Crippen molar-refractivity contribution in [3.8, 4) is 0 Å². The first-order chi connectivity index (χ1) is 12.7. The molecular weight excluding hydrogens is 328 g/mol. The van der Waals surface area contributed by atoms with E-state index in [4.69, 9.17) is 5.21 Å². The fraction of sp³-hybridized carbons (Fsp3) is 0.238. The third-order valence-electron chi connectivity index (χ3n) is 4.63. The summed E-state index contributed by atoms with van der Waals surface area (Å²) in [5.41, 5.74) is 4.56. The van der Waals surface area contributed by atoms with Crippen LogP contribution in [-0.4, -0.2) is 28.5 Å². The summed E-state index contributed by atoms with van der Waals surface area (Å²) in [5.74, 6) is -0.412. The van der Waals surface area contributed by atoms with Crippen molar-refractivity contribution in [2.75, 3.05) is 6.54 Å². The summed E-state index contributed by atoms with van der Waals surface area (Å²) in [5, 5.41) is 8.50. The molecule has 3 rings (SSSR count). The molecule has 1 saturated heterocycles. The zero-order valence-electron chi connectivity index (χ0n) is 14.5. The molecule has 1 unspecified atom stereocenters. The number of amides is 2. The number of hydrogen-bond donors (Lipinski definition) is 2. The summed E-state index contributed by atoms with van der Waals surface area (Å²) in [6, 6.07) is 17.7. The minimum absolute atomic E-state index is 0.102. The first-order valence-electron chi connectivity index (χ1n) is 8.73. The molecule has 0 bridgehead atoms. The van der Waals surface area contributed by atoms with Gasteiger partial charge in [-0.1, -0.05) is 54.6 Å². The van der Waals surface area contributed by atoms with Gasteiger partial charge in [0.25, 0.3) is 5.91 Å². The monoisotopic (exact) mass is 350 g/mol. The summed E-state index contributed by atoms with van der Waals surface area (Å²) in [6.45, 7) is 0.786. The number of hydroxylamine groups is 1. The van der Waals surface area contributed by atoms with Gasteiger partial charge in [-0.25, -0.2) is 5.48 Å². The number of nitrogens with zero attached hydrogens (tertiary/aromatic N) is 1. The topological polar surface area (TPSA) is 69.6 Å². The van der Waals surface area contributed by atoms with Crippen molar-refractivity contribution in [3.05, 3.63) is 77.4 Å². The second-order valence-electron chi connectivity index (χ2n) is 6.38. The average Bonchev–Trinajstić information content (AvgIpc) is 3.17. The van der Waals surface area contributed by atoms with E-state index in [1.54, 1.807) is 11.6 Å². The molecule has 2 aromatic carbocycles. The normalized spacial score (nSPS) is 16.8. The van der Waals surface area contributed by atoms with Gasteiger partial charge >= 0.3 is 0 Å². The zero-order chi connectivity index (χ0) is 18.4. The van der Waals surface area contributed by atoms with Crippen LogP contribution in [0.3, 0.4) is 0 Å². The molecule has 1 aliphatic rings. The molecule has 0 spiro atoms. The average molecular weight is 350 g/mol. The summed E-state index contributed by atoms with van der Waals surface area (Å²) in [4.78, 5) is 25.7. The van der Waals surface area contributed by atoms with Crippen LogP contribution in [0.4, 0.5) is 0 Å². The summed E-state index contributed by atoms with van der Waals surface area (Å²) < 4.78 is 0. The van der Waals surface area contributed by atoms with Gasteiger partial charge in [-0.2, -0.15) is 0 Å².